The summed E-state index contributed by atoms with van der Waals surface area (Å²) >= 11 is 0. The summed E-state index contributed by atoms with van der Waals surface area (Å²) in [5, 5.41) is 1.40. The predicted molar refractivity (Wildman–Crippen MR) is 53.4 cm³/mol. The molecule has 3 aromatic rings. The van der Waals surface area contributed by atoms with Crippen LogP contribution >= 0.6 is 0 Å². The minimum Gasteiger partial charge on any atom is -0.437 e. The maximum atomic E-state index is 13.3. The maximum Gasteiger partial charge on any atom is 0.206 e. The third-order valence-corrected chi connectivity index (χ3v) is 2.39. The summed E-state index contributed by atoms with van der Waals surface area (Å²) in [6, 6.07) is 6.35. The standard InChI is InChI=1S/C11H6FNO2/c12-9-3-1-2-7-8-4-6(5-14)13-11(8)15-10(7)9/h1-5,13H. The number of aromatic amines is 1. The van der Waals surface area contributed by atoms with Gasteiger partial charge >= 0.3 is 0 Å². The van der Waals surface area contributed by atoms with Crippen molar-refractivity contribution in [3.8, 4) is 0 Å². The molecular formula is C11H6FNO2. The first-order valence-corrected chi connectivity index (χ1v) is 4.44. The SMILES string of the molecule is O=Cc1cc2c([nH]1)oc1c(F)cccc12. The van der Waals surface area contributed by atoms with Gasteiger partial charge in [-0.25, -0.2) is 4.39 Å². The molecule has 2 aromatic heterocycles. The molecule has 15 heavy (non-hydrogen) atoms. The number of benzene rings is 1. The van der Waals surface area contributed by atoms with E-state index in [9.17, 15) is 9.18 Å². The average molecular weight is 203 g/mol. The average Bonchev–Trinajstić information content (AvgIpc) is 2.76. The van der Waals surface area contributed by atoms with E-state index in [2.05, 4.69) is 4.98 Å². The van der Waals surface area contributed by atoms with E-state index in [4.69, 9.17) is 4.42 Å². The van der Waals surface area contributed by atoms with Crippen LogP contribution in [0.25, 0.3) is 22.1 Å². The molecule has 0 fully saturated rings. The summed E-state index contributed by atoms with van der Waals surface area (Å²) in [6.45, 7) is 0. The highest BCUT2D eigenvalue weighted by atomic mass is 19.1. The van der Waals surface area contributed by atoms with Gasteiger partial charge in [-0.1, -0.05) is 12.1 Å². The van der Waals surface area contributed by atoms with Gasteiger partial charge in [0.2, 0.25) is 5.71 Å². The van der Waals surface area contributed by atoms with Crippen molar-refractivity contribution in [1.29, 1.82) is 0 Å². The van der Waals surface area contributed by atoms with E-state index in [-0.39, 0.29) is 5.58 Å². The van der Waals surface area contributed by atoms with E-state index in [1.54, 1.807) is 18.2 Å². The van der Waals surface area contributed by atoms with Crippen LogP contribution in [-0.4, -0.2) is 11.3 Å². The molecule has 1 aromatic carbocycles. The third kappa shape index (κ3) is 1.01. The molecule has 0 atom stereocenters. The number of halogens is 1. The molecule has 0 radical (unpaired) electrons. The van der Waals surface area contributed by atoms with Crippen molar-refractivity contribution in [2.75, 3.05) is 0 Å². The molecule has 2 heterocycles. The molecule has 3 rings (SSSR count). The Morgan fingerprint density at radius 1 is 1.33 bits per heavy atom. The van der Waals surface area contributed by atoms with Crippen molar-refractivity contribution in [1.82, 2.24) is 4.98 Å². The number of aromatic nitrogens is 1. The molecule has 3 nitrogen and oxygen atoms in total. The van der Waals surface area contributed by atoms with Crippen molar-refractivity contribution in [2.45, 2.75) is 0 Å². The second kappa shape index (κ2) is 2.70. The molecule has 4 heteroatoms. The Morgan fingerprint density at radius 2 is 2.20 bits per heavy atom. The van der Waals surface area contributed by atoms with Gasteiger partial charge in [-0.05, 0) is 12.1 Å². The smallest absolute Gasteiger partial charge is 0.206 e. The van der Waals surface area contributed by atoms with Gasteiger partial charge in [0.25, 0.3) is 0 Å². The number of rotatable bonds is 1. The molecule has 0 aliphatic rings. The normalized spacial score (nSPS) is 11.3. The fourth-order valence-corrected chi connectivity index (χ4v) is 1.73. The van der Waals surface area contributed by atoms with Crippen LogP contribution in [0.4, 0.5) is 4.39 Å². The van der Waals surface area contributed by atoms with Gasteiger partial charge in [0.1, 0.15) is 0 Å². The second-order valence-corrected chi connectivity index (χ2v) is 3.30. The molecule has 74 valence electrons. The largest absolute Gasteiger partial charge is 0.437 e. The fourth-order valence-electron chi connectivity index (χ4n) is 1.73. The quantitative estimate of drug-likeness (QED) is 0.618. The number of furan rings is 1. The molecule has 0 unspecified atom stereocenters. The number of aldehydes is 1. The Morgan fingerprint density at radius 3 is 3.00 bits per heavy atom. The van der Waals surface area contributed by atoms with E-state index in [1.165, 1.54) is 6.07 Å². The summed E-state index contributed by atoms with van der Waals surface area (Å²) in [4.78, 5) is 13.3. The zero-order chi connectivity index (χ0) is 10.4. The predicted octanol–water partition coefficient (Wildman–Crippen LogP) is 2.87. The number of para-hydroxylation sites is 1. The van der Waals surface area contributed by atoms with Crippen LogP contribution in [-0.2, 0) is 0 Å². The highest BCUT2D eigenvalue weighted by Gasteiger charge is 2.12. The number of nitrogens with one attached hydrogen (secondary N) is 1. The van der Waals surface area contributed by atoms with Crippen molar-refractivity contribution in [2.24, 2.45) is 0 Å². The number of carbonyl (C=O) groups excluding carboxylic acids is 1. The summed E-state index contributed by atoms with van der Waals surface area (Å²) in [5.41, 5.74) is 1.07. The molecule has 0 spiro atoms. The van der Waals surface area contributed by atoms with Crippen molar-refractivity contribution >= 4 is 28.4 Å². The first-order chi connectivity index (χ1) is 7.29. The number of carbonyl (C=O) groups is 1. The van der Waals surface area contributed by atoms with E-state index in [0.717, 1.165) is 5.39 Å². The lowest BCUT2D eigenvalue weighted by Crippen LogP contribution is -1.76. The zero-order valence-electron chi connectivity index (χ0n) is 7.58. The maximum absolute atomic E-state index is 13.3. The fraction of sp³-hybridized carbons (Fsp3) is 0. The van der Waals surface area contributed by atoms with Gasteiger partial charge in [-0.2, -0.15) is 0 Å². The summed E-state index contributed by atoms with van der Waals surface area (Å²) in [7, 11) is 0. The van der Waals surface area contributed by atoms with Crippen LogP contribution in [0.5, 0.6) is 0 Å². The first-order valence-electron chi connectivity index (χ1n) is 4.44. The minimum atomic E-state index is -0.398. The van der Waals surface area contributed by atoms with Gasteiger partial charge in [0, 0.05) is 10.8 Å². The van der Waals surface area contributed by atoms with Gasteiger partial charge in [0.15, 0.2) is 17.7 Å². The Labute approximate surface area is 83.5 Å². The monoisotopic (exact) mass is 203 g/mol. The van der Waals surface area contributed by atoms with Crippen LogP contribution in [0.1, 0.15) is 10.5 Å². The molecule has 0 aliphatic carbocycles. The van der Waals surface area contributed by atoms with Gasteiger partial charge in [-0.15, -0.1) is 0 Å². The first kappa shape index (κ1) is 8.23. The minimum absolute atomic E-state index is 0.219. The number of H-pyrrole nitrogens is 1. The van der Waals surface area contributed by atoms with Crippen LogP contribution in [0.3, 0.4) is 0 Å². The van der Waals surface area contributed by atoms with Crippen LogP contribution in [0.2, 0.25) is 0 Å². The Hall–Kier alpha value is -2.10. The van der Waals surface area contributed by atoms with Gasteiger partial charge < -0.3 is 9.40 Å². The highest BCUT2D eigenvalue weighted by Crippen LogP contribution is 2.30. The Balaban J connectivity index is 2.50. The van der Waals surface area contributed by atoms with Crippen LogP contribution in [0.15, 0.2) is 28.7 Å². The van der Waals surface area contributed by atoms with Crippen molar-refractivity contribution in [3.63, 3.8) is 0 Å². The molecule has 0 saturated heterocycles. The third-order valence-electron chi connectivity index (χ3n) is 2.39. The zero-order valence-corrected chi connectivity index (χ0v) is 7.58. The molecule has 1 N–H and O–H groups in total. The van der Waals surface area contributed by atoms with Gasteiger partial charge in [0.05, 0.1) is 5.69 Å². The van der Waals surface area contributed by atoms with Crippen LogP contribution in [0, 0.1) is 5.82 Å². The number of hydrogen-bond acceptors (Lipinski definition) is 2. The molecule has 0 bridgehead atoms. The van der Waals surface area contributed by atoms with E-state index in [0.29, 0.717) is 23.1 Å². The topological polar surface area (TPSA) is 46.0 Å². The summed E-state index contributed by atoms with van der Waals surface area (Å²) in [6.07, 6.45) is 0.695. The van der Waals surface area contributed by atoms with E-state index < -0.39 is 5.82 Å². The lowest BCUT2D eigenvalue weighted by molar-refractivity contribution is 0.111. The highest BCUT2D eigenvalue weighted by molar-refractivity contribution is 6.05. The lowest BCUT2D eigenvalue weighted by atomic mass is 10.2. The Kier molecular flexibility index (Phi) is 1.48. The lowest BCUT2D eigenvalue weighted by Gasteiger charge is -1.89. The van der Waals surface area contributed by atoms with E-state index in [1.807, 2.05) is 0 Å². The van der Waals surface area contributed by atoms with Crippen molar-refractivity contribution in [3.05, 3.63) is 35.8 Å². The number of hydrogen-bond donors (Lipinski definition) is 1. The summed E-state index contributed by atoms with van der Waals surface area (Å²) < 4.78 is 18.6. The second-order valence-electron chi connectivity index (χ2n) is 3.30. The number of fused-ring (bicyclic) bond motifs is 3. The summed E-state index contributed by atoms with van der Waals surface area (Å²) in [5.74, 6) is -0.398. The molecule has 0 aliphatic heterocycles. The van der Waals surface area contributed by atoms with Gasteiger partial charge in [-0.3, -0.25) is 4.79 Å². The van der Waals surface area contributed by atoms with Crippen LogP contribution < -0.4 is 0 Å². The molecule has 0 saturated carbocycles. The molecule has 0 amide bonds. The van der Waals surface area contributed by atoms with Crippen molar-refractivity contribution < 1.29 is 13.6 Å². The Bertz CT molecular complexity index is 666. The molecular weight excluding hydrogens is 197 g/mol. The van der Waals surface area contributed by atoms with E-state index >= 15 is 0 Å².